The van der Waals surface area contributed by atoms with Gasteiger partial charge in [-0.1, -0.05) is 36.4 Å². The molecule has 4 rings (SSSR count). The predicted molar refractivity (Wildman–Crippen MR) is 114 cm³/mol. The van der Waals surface area contributed by atoms with E-state index in [1.54, 1.807) is 0 Å². The summed E-state index contributed by atoms with van der Waals surface area (Å²) in [6.45, 7) is 5.65. The van der Waals surface area contributed by atoms with Gasteiger partial charge in [-0.05, 0) is 67.9 Å². The van der Waals surface area contributed by atoms with Gasteiger partial charge in [0.1, 0.15) is 0 Å². The van der Waals surface area contributed by atoms with Crippen molar-refractivity contribution in [2.24, 2.45) is 5.92 Å². The molecule has 6 nitrogen and oxygen atoms in total. The molecule has 0 spiro atoms. The molecule has 2 heterocycles. The van der Waals surface area contributed by atoms with Crippen molar-refractivity contribution < 1.29 is 4.79 Å². The normalized spacial score (nSPS) is 14.8. The average molecular weight is 390 g/mol. The molecule has 1 aromatic heterocycles. The third-order valence-electron chi connectivity index (χ3n) is 5.79. The molecule has 2 aromatic carbocycles. The molecule has 1 aliphatic heterocycles. The molecule has 0 unspecified atom stereocenters. The standard InChI is InChI=1S/C23H27N5O/c1-16-8-9-20(14-17(16)2)24-22-21(25-27-26-22)23(29)28-12-10-19(11-13-28)15-18-6-4-3-5-7-18/h3-9,14,19H,10-13,15H2,1-2H3,(H2,24,25,26,27). The first kappa shape index (κ1) is 19.2. The molecule has 0 aliphatic carbocycles. The molecule has 1 fully saturated rings. The van der Waals surface area contributed by atoms with Crippen LogP contribution in [-0.4, -0.2) is 39.3 Å². The maximum absolute atomic E-state index is 13.0. The highest BCUT2D eigenvalue weighted by atomic mass is 16.2. The van der Waals surface area contributed by atoms with E-state index >= 15 is 0 Å². The van der Waals surface area contributed by atoms with E-state index in [-0.39, 0.29) is 5.91 Å². The molecule has 1 saturated heterocycles. The van der Waals surface area contributed by atoms with E-state index in [1.807, 2.05) is 23.1 Å². The number of H-pyrrole nitrogens is 1. The monoisotopic (exact) mass is 389 g/mol. The first-order valence-corrected chi connectivity index (χ1v) is 10.2. The molecule has 1 aliphatic rings. The third kappa shape index (κ3) is 4.47. The summed E-state index contributed by atoms with van der Waals surface area (Å²) in [5.41, 5.74) is 5.04. The molecule has 0 bridgehead atoms. The van der Waals surface area contributed by atoms with Crippen LogP contribution >= 0.6 is 0 Å². The summed E-state index contributed by atoms with van der Waals surface area (Å²) in [6.07, 6.45) is 3.10. The zero-order chi connectivity index (χ0) is 20.2. The van der Waals surface area contributed by atoms with Gasteiger partial charge in [0.2, 0.25) is 0 Å². The molecular weight excluding hydrogens is 362 g/mol. The lowest BCUT2D eigenvalue weighted by molar-refractivity contribution is 0.0685. The number of hydrogen-bond acceptors (Lipinski definition) is 4. The number of aromatic amines is 1. The summed E-state index contributed by atoms with van der Waals surface area (Å²) in [6, 6.07) is 16.7. The molecule has 1 amide bonds. The van der Waals surface area contributed by atoms with E-state index in [4.69, 9.17) is 0 Å². The van der Waals surface area contributed by atoms with Crippen LogP contribution in [0.5, 0.6) is 0 Å². The fraction of sp³-hybridized carbons (Fsp3) is 0.348. The number of carbonyl (C=O) groups excluding carboxylic acids is 1. The first-order valence-electron chi connectivity index (χ1n) is 10.2. The van der Waals surface area contributed by atoms with Gasteiger partial charge in [-0.2, -0.15) is 5.21 Å². The lowest BCUT2D eigenvalue weighted by Crippen LogP contribution is -2.39. The van der Waals surface area contributed by atoms with Crippen LogP contribution in [-0.2, 0) is 6.42 Å². The number of carbonyl (C=O) groups is 1. The van der Waals surface area contributed by atoms with Crippen LogP contribution in [0.1, 0.15) is 40.0 Å². The Hall–Kier alpha value is -3.15. The van der Waals surface area contributed by atoms with Gasteiger partial charge in [-0.3, -0.25) is 4.79 Å². The molecule has 0 atom stereocenters. The number of aromatic nitrogens is 3. The number of hydrogen-bond donors (Lipinski definition) is 2. The Balaban J connectivity index is 1.38. The van der Waals surface area contributed by atoms with Crippen LogP contribution in [0.2, 0.25) is 0 Å². The van der Waals surface area contributed by atoms with Crippen molar-refractivity contribution in [3.8, 4) is 0 Å². The van der Waals surface area contributed by atoms with E-state index in [0.717, 1.165) is 38.0 Å². The van der Waals surface area contributed by atoms with Crippen molar-refractivity contribution in [3.63, 3.8) is 0 Å². The lowest BCUT2D eigenvalue weighted by Gasteiger charge is -2.31. The van der Waals surface area contributed by atoms with Gasteiger partial charge in [0, 0.05) is 18.8 Å². The number of anilines is 2. The molecule has 29 heavy (non-hydrogen) atoms. The van der Waals surface area contributed by atoms with Crippen LogP contribution in [0, 0.1) is 19.8 Å². The minimum atomic E-state index is -0.0664. The van der Waals surface area contributed by atoms with Gasteiger partial charge in [0.05, 0.1) is 0 Å². The molecule has 3 aromatic rings. The summed E-state index contributed by atoms with van der Waals surface area (Å²) < 4.78 is 0. The maximum atomic E-state index is 13.0. The fourth-order valence-corrected chi connectivity index (χ4v) is 3.86. The molecule has 0 saturated carbocycles. The molecule has 6 heteroatoms. The Morgan fingerprint density at radius 3 is 2.55 bits per heavy atom. The van der Waals surface area contributed by atoms with Crippen molar-refractivity contribution in [1.82, 2.24) is 20.3 Å². The lowest BCUT2D eigenvalue weighted by atomic mass is 9.90. The number of piperidine rings is 1. The number of likely N-dealkylation sites (tertiary alicyclic amines) is 1. The Bertz CT molecular complexity index is 974. The summed E-state index contributed by atoms with van der Waals surface area (Å²) in [4.78, 5) is 14.9. The molecular formula is C23H27N5O. The molecule has 0 radical (unpaired) electrons. The second-order valence-electron chi connectivity index (χ2n) is 7.87. The van der Waals surface area contributed by atoms with Gasteiger partial charge < -0.3 is 10.2 Å². The zero-order valence-corrected chi connectivity index (χ0v) is 17.0. The maximum Gasteiger partial charge on any atom is 0.278 e. The summed E-state index contributed by atoms with van der Waals surface area (Å²) >= 11 is 0. The second-order valence-corrected chi connectivity index (χ2v) is 7.87. The quantitative estimate of drug-likeness (QED) is 0.684. The molecule has 2 N–H and O–H groups in total. The minimum Gasteiger partial charge on any atom is -0.337 e. The minimum absolute atomic E-state index is 0.0664. The van der Waals surface area contributed by atoms with E-state index in [2.05, 4.69) is 64.9 Å². The zero-order valence-electron chi connectivity index (χ0n) is 17.0. The highest BCUT2D eigenvalue weighted by Gasteiger charge is 2.27. The summed E-state index contributed by atoms with van der Waals surface area (Å²) in [5.74, 6) is 1.03. The number of nitrogens with one attached hydrogen (secondary N) is 2. The van der Waals surface area contributed by atoms with Crippen LogP contribution < -0.4 is 5.32 Å². The van der Waals surface area contributed by atoms with Crippen molar-refractivity contribution >= 4 is 17.4 Å². The van der Waals surface area contributed by atoms with Crippen molar-refractivity contribution in [2.75, 3.05) is 18.4 Å². The highest BCUT2D eigenvalue weighted by Crippen LogP contribution is 2.25. The Labute approximate surface area is 171 Å². The second kappa shape index (κ2) is 8.47. The average Bonchev–Trinajstić information content (AvgIpc) is 3.20. The van der Waals surface area contributed by atoms with Gasteiger partial charge >= 0.3 is 0 Å². The molecule has 150 valence electrons. The Kier molecular flexibility index (Phi) is 5.60. The van der Waals surface area contributed by atoms with Gasteiger partial charge in [-0.15, -0.1) is 10.2 Å². The highest BCUT2D eigenvalue weighted by molar-refractivity contribution is 5.97. The predicted octanol–water partition coefficient (Wildman–Crippen LogP) is 4.26. The Morgan fingerprint density at radius 1 is 1.07 bits per heavy atom. The summed E-state index contributed by atoms with van der Waals surface area (Å²) in [5, 5.41) is 14.1. The number of aryl methyl sites for hydroxylation is 2. The van der Waals surface area contributed by atoms with Gasteiger partial charge in [0.15, 0.2) is 11.5 Å². The van der Waals surface area contributed by atoms with E-state index < -0.39 is 0 Å². The fourth-order valence-electron chi connectivity index (χ4n) is 3.86. The van der Waals surface area contributed by atoms with Gasteiger partial charge in [0.25, 0.3) is 5.91 Å². The largest absolute Gasteiger partial charge is 0.337 e. The topological polar surface area (TPSA) is 73.9 Å². The van der Waals surface area contributed by atoms with Crippen LogP contribution in [0.3, 0.4) is 0 Å². The summed E-state index contributed by atoms with van der Waals surface area (Å²) in [7, 11) is 0. The van der Waals surface area contributed by atoms with Crippen molar-refractivity contribution in [1.29, 1.82) is 0 Å². The van der Waals surface area contributed by atoms with E-state index in [1.165, 1.54) is 16.7 Å². The number of rotatable bonds is 5. The number of benzene rings is 2. The smallest absolute Gasteiger partial charge is 0.278 e. The first-order chi connectivity index (χ1) is 14.1. The third-order valence-corrected chi connectivity index (χ3v) is 5.79. The number of nitrogens with zero attached hydrogens (tertiary/aromatic N) is 3. The van der Waals surface area contributed by atoms with E-state index in [9.17, 15) is 4.79 Å². The van der Waals surface area contributed by atoms with Crippen LogP contribution in [0.25, 0.3) is 0 Å². The Morgan fingerprint density at radius 2 is 1.83 bits per heavy atom. The van der Waals surface area contributed by atoms with Gasteiger partial charge in [-0.25, -0.2) is 0 Å². The van der Waals surface area contributed by atoms with E-state index in [0.29, 0.717) is 17.4 Å². The van der Waals surface area contributed by atoms with Crippen LogP contribution in [0.15, 0.2) is 48.5 Å². The SMILES string of the molecule is Cc1ccc(Nc2n[nH]nc2C(=O)N2CCC(Cc3ccccc3)CC2)cc1C. The van der Waals surface area contributed by atoms with Crippen molar-refractivity contribution in [2.45, 2.75) is 33.1 Å². The number of amides is 1. The van der Waals surface area contributed by atoms with Crippen molar-refractivity contribution in [3.05, 3.63) is 70.9 Å². The van der Waals surface area contributed by atoms with Crippen LogP contribution in [0.4, 0.5) is 11.5 Å².